The molecule has 0 aromatic heterocycles. The van der Waals surface area contributed by atoms with E-state index in [0.717, 1.165) is 25.7 Å². The van der Waals surface area contributed by atoms with Crippen LogP contribution in [0.3, 0.4) is 0 Å². The molecule has 5 nitrogen and oxygen atoms in total. The van der Waals surface area contributed by atoms with E-state index in [9.17, 15) is 23.2 Å². The first-order valence-electron chi connectivity index (χ1n) is 9.58. The standard InChI is InChI=1S/C18H25F3N4O/c19-18(20,21)3-4-24-12-1-2-13(24)7-11(6-12)16(23)17(26)25-14(9-22)5-10-8-15(10)25/h10-16H,1-8,23H2. The van der Waals surface area contributed by atoms with Crippen LogP contribution in [0, 0.1) is 23.2 Å². The molecule has 144 valence electrons. The molecule has 2 N–H and O–H groups in total. The van der Waals surface area contributed by atoms with Crippen LogP contribution in [-0.4, -0.2) is 58.6 Å². The van der Waals surface area contributed by atoms with Crippen molar-refractivity contribution in [1.29, 1.82) is 5.26 Å². The number of nitrogens with two attached hydrogens (primary N) is 1. The molecule has 4 fully saturated rings. The van der Waals surface area contributed by atoms with Gasteiger partial charge in [-0.3, -0.25) is 9.69 Å². The third-order valence-corrected chi connectivity index (χ3v) is 6.88. The van der Waals surface area contributed by atoms with E-state index in [2.05, 4.69) is 6.07 Å². The molecule has 1 aliphatic carbocycles. The summed E-state index contributed by atoms with van der Waals surface area (Å²) in [6.45, 7) is 0.0428. The summed E-state index contributed by atoms with van der Waals surface area (Å²) < 4.78 is 37.7. The zero-order valence-electron chi connectivity index (χ0n) is 14.7. The van der Waals surface area contributed by atoms with E-state index in [1.54, 1.807) is 4.90 Å². The number of amides is 1. The summed E-state index contributed by atoms with van der Waals surface area (Å²) in [5, 5.41) is 9.29. The molecule has 1 amide bonds. The van der Waals surface area contributed by atoms with Crippen LogP contribution in [0.5, 0.6) is 0 Å². The van der Waals surface area contributed by atoms with E-state index < -0.39 is 18.6 Å². The highest BCUT2D eigenvalue weighted by Gasteiger charge is 2.55. The molecule has 3 saturated heterocycles. The number of piperidine rings is 2. The molecule has 8 heteroatoms. The zero-order chi connectivity index (χ0) is 18.6. The van der Waals surface area contributed by atoms with Crippen molar-refractivity contribution in [2.45, 2.75) is 81.3 Å². The van der Waals surface area contributed by atoms with Crippen molar-refractivity contribution in [2.24, 2.45) is 17.6 Å². The number of hydrogen-bond donors (Lipinski definition) is 1. The van der Waals surface area contributed by atoms with Gasteiger partial charge in [-0.1, -0.05) is 0 Å². The second-order valence-corrected chi connectivity index (χ2v) is 8.43. The van der Waals surface area contributed by atoms with Gasteiger partial charge in [0, 0.05) is 24.7 Å². The molecular formula is C18H25F3N4O. The molecular weight excluding hydrogens is 345 g/mol. The number of fused-ring (bicyclic) bond motifs is 3. The van der Waals surface area contributed by atoms with Gasteiger partial charge in [0.2, 0.25) is 5.91 Å². The van der Waals surface area contributed by atoms with Gasteiger partial charge in [0.05, 0.1) is 18.5 Å². The molecule has 26 heavy (non-hydrogen) atoms. The molecule has 0 aromatic carbocycles. The quantitative estimate of drug-likeness (QED) is 0.822. The van der Waals surface area contributed by atoms with E-state index in [0.29, 0.717) is 18.8 Å². The molecule has 3 aliphatic heterocycles. The van der Waals surface area contributed by atoms with Gasteiger partial charge in [-0.15, -0.1) is 0 Å². The average molecular weight is 370 g/mol. The van der Waals surface area contributed by atoms with E-state index in [4.69, 9.17) is 5.73 Å². The summed E-state index contributed by atoms with van der Waals surface area (Å²) in [6, 6.07) is 1.59. The molecule has 4 rings (SSSR count). The Balaban J connectivity index is 1.38. The maximum atomic E-state index is 12.9. The van der Waals surface area contributed by atoms with Gasteiger partial charge in [-0.2, -0.15) is 18.4 Å². The highest BCUT2D eigenvalue weighted by Crippen LogP contribution is 2.48. The highest BCUT2D eigenvalue weighted by molar-refractivity contribution is 5.84. The van der Waals surface area contributed by atoms with Gasteiger partial charge in [-0.05, 0) is 50.4 Å². The predicted molar refractivity (Wildman–Crippen MR) is 87.6 cm³/mol. The number of carbonyl (C=O) groups is 1. The number of nitriles is 1. The summed E-state index contributed by atoms with van der Waals surface area (Å²) in [5.74, 6) is 0.324. The lowest BCUT2D eigenvalue weighted by Gasteiger charge is -2.41. The minimum Gasteiger partial charge on any atom is -0.322 e. The predicted octanol–water partition coefficient (Wildman–Crippen LogP) is 2.02. The number of halogens is 3. The Morgan fingerprint density at radius 3 is 2.42 bits per heavy atom. The van der Waals surface area contributed by atoms with Crippen LogP contribution in [0.15, 0.2) is 0 Å². The molecule has 3 heterocycles. The van der Waals surface area contributed by atoms with Crippen LogP contribution in [0.1, 0.15) is 44.9 Å². The molecule has 1 saturated carbocycles. The van der Waals surface area contributed by atoms with Gasteiger partial charge in [0.15, 0.2) is 0 Å². The fourth-order valence-corrected chi connectivity index (χ4v) is 5.49. The van der Waals surface area contributed by atoms with Crippen LogP contribution in [0.2, 0.25) is 0 Å². The lowest BCUT2D eigenvalue weighted by molar-refractivity contribution is -0.141. The summed E-state index contributed by atoms with van der Waals surface area (Å²) in [7, 11) is 0. The number of hydrogen-bond acceptors (Lipinski definition) is 4. The summed E-state index contributed by atoms with van der Waals surface area (Å²) in [4.78, 5) is 16.6. The molecule has 4 aliphatic rings. The van der Waals surface area contributed by atoms with Crippen molar-refractivity contribution in [3.05, 3.63) is 0 Å². The maximum Gasteiger partial charge on any atom is 0.390 e. The van der Waals surface area contributed by atoms with Crippen molar-refractivity contribution in [1.82, 2.24) is 9.80 Å². The third-order valence-electron chi connectivity index (χ3n) is 6.88. The molecule has 0 radical (unpaired) electrons. The Bertz CT molecular complexity index is 605. The topological polar surface area (TPSA) is 73.4 Å². The Labute approximate surface area is 151 Å². The SMILES string of the molecule is N#CC1CC2CC2N1C(=O)C(N)C1CC2CCC(C1)N2CCC(F)(F)F. The molecule has 0 spiro atoms. The lowest BCUT2D eigenvalue weighted by atomic mass is 9.84. The van der Waals surface area contributed by atoms with Crippen LogP contribution in [0.25, 0.3) is 0 Å². The van der Waals surface area contributed by atoms with Gasteiger partial charge >= 0.3 is 6.18 Å². The van der Waals surface area contributed by atoms with Crippen LogP contribution >= 0.6 is 0 Å². The first kappa shape index (κ1) is 18.1. The van der Waals surface area contributed by atoms with E-state index in [1.165, 1.54) is 0 Å². The first-order valence-corrected chi connectivity index (χ1v) is 9.58. The zero-order valence-corrected chi connectivity index (χ0v) is 14.7. The van der Waals surface area contributed by atoms with Crippen LogP contribution in [0.4, 0.5) is 13.2 Å². The van der Waals surface area contributed by atoms with Gasteiger partial charge < -0.3 is 10.6 Å². The Morgan fingerprint density at radius 2 is 1.85 bits per heavy atom. The average Bonchev–Trinajstić information content (AvgIpc) is 3.19. The fourth-order valence-electron chi connectivity index (χ4n) is 5.49. The Morgan fingerprint density at radius 1 is 1.19 bits per heavy atom. The number of alkyl halides is 3. The Kier molecular flexibility index (Phi) is 4.43. The molecule has 6 atom stereocenters. The largest absolute Gasteiger partial charge is 0.390 e. The fraction of sp³-hybridized carbons (Fsp3) is 0.889. The van der Waals surface area contributed by atoms with Crippen molar-refractivity contribution in [2.75, 3.05) is 6.54 Å². The van der Waals surface area contributed by atoms with Crippen molar-refractivity contribution in [3.8, 4) is 6.07 Å². The smallest absolute Gasteiger partial charge is 0.322 e. The van der Waals surface area contributed by atoms with Crippen molar-refractivity contribution in [3.63, 3.8) is 0 Å². The number of rotatable bonds is 4. The second-order valence-electron chi connectivity index (χ2n) is 8.43. The summed E-state index contributed by atoms with van der Waals surface area (Å²) in [6.07, 6.45) is -0.0639. The van der Waals surface area contributed by atoms with E-state index >= 15 is 0 Å². The second kappa shape index (κ2) is 6.38. The van der Waals surface area contributed by atoms with Crippen LogP contribution in [-0.2, 0) is 4.79 Å². The summed E-state index contributed by atoms with van der Waals surface area (Å²) >= 11 is 0. The minimum absolute atomic E-state index is 0.000667. The number of carbonyl (C=O) groups excluding carboxylic acids is 1. The van der Waals surface area contributed by atoms with Crippen molar-refractivity contribution >= 4 is 5.91 Å². The van der Waals surface area contributed by atoms with Crippen LogP contribution < -0.4 is 5.73 Å². The van der Waals surface area contributed by atoms with Gasteiger partial charge in [-0.25, -0.2) is 0 Å². The Hall–Kier alpha value is -1.33. The van der Waals surface area contributed by atoms with E-state index in [1.807, 2.05) is 4.90 Å². The van der Waals surface area contributed by atoms with E-state index in [-0.39, 0.29) is 42.5 Å². The third kappa shape index (κ3) is 3.20. The number of nitrogens with zero attached hydrogens (tertiary/aromatic N) is 3. The molecule has 6 unspecified atom stereocenters. The molecule has 2 bridgehead atoms. The number of likely N-dealkylation sites (tertiary alicyclic amines) is 1. The molecule has 0 aromatic rings. The monoisotopic (exact) mass is 370 g/mol. The first-order chi connectivity index (χ1) is 12.3. The van der Waals surface area contributed by atoms with Gasteiger partial charge in [0.1, 0.15) is 6.04 Å². The minimum atomic E-state index is -4.13. The highest BCUT2D eigenvalue weighted by atomic mass is 19.4. The summed E-state index contributed by atoms with van der Waals surface area (Å²) in [5.41, 5.74) is 6.31. The normalized spacial score (nSPS) is 40.2. The lowest BCUT2D eigenvalue weighted by Crippen LogP contribution is -2.54. The van der Waals surface area contributed by atoms with Crippen molar-refractivity contribution < 1.29 is 18.0 Å². The van der Waals surface area contributed by atoms with Gasteiger partial charge in [0.25, 0.3) is 0 Å². The maximum absolute atomic E-state index is 12.9.